The van der Waals surface area contributed by atoms with Gasteiger partial charge in [-0.25, -0.2) is 8.42 Å². The normalized spacial score (nSPS) is 22.5. The molecule has 5 nitrogen and oxygen atoms in total. The number of piperidine rings is 1. The SMILES string of the molecule is Cc1ccc(S(=O)(=O)N2CCC[C@@H](C(=O)N3c4ccc(Br)cc4C[C@@H]3C)C2)cc1. The molecule has 1 saturated heterocycles. The molecule has 2 aliphatic rings. The number of anilines is 1. The number of fused-ring (bicyclic) bond motifs is 1. The predicted octanol–water partition coefficient (Wildman–Crippen LogP) is 4.14. The summed E-state index contributed by atoms with van der Waals surface area (Å²) in [6.07, 6.45) is 2.23. The van der Waals surface area contributed by atoms with Crippen LogP contribution in [0, 0.1) is 12.8 Å². The first-order valence-electron chi connectivity index (χ1n) is 9.95. The quantitative estimate of drug-likeness (QED) is 0.668. The van der Waals surface area contributed by atoms with Crippen molar-refractivity contribution < 1.29 is 13.2 Å². The number of hydrogen-bond acceptors (Lipinski definition) is 3. The maximum absolute atomic E-state index is 13.4. The summed E-state index contributed by atoms with van der Waals surface area (Å²) < 4.78 is 28.7. The van der Waals surface area contributed by atoms with Crippen LogP contribution in [0.2, 0.25) is 0 Å². The van der Waals surface area contributed by atoms with Crippen LogP contribution in [0.1, 0.15) is 30.9 Å². The first-order chi connectivity index (χ1) is 13.8. The Hall–Kier alpha value is -1.70. The van der Waals surface area contributed by atoms with Crippen molar-refractivity contribution in [1.82, 2.24) is 4.31 Å². The molecular formula is C22H25BrN2O3S. The Morgan fingerprint density at radius 1 is 1.14 bits per heavy atom. The van der Waals surface area contributed by atoms with E-state index in [0.717, 1.165) is 27.7 Å². The van der Waals surface area contributed by atoms with Gasteiger partial charge in [-0.3, -0.25) is 4.79 Å². The topological polar surface area (TPSA) is 57.7 Å². The van der Waals surface area contributed by atoms with E-state index in [0.29, 0.717) is 24.3 Å². The molecule has 1 fully saturated rings. The van der Waals surface area contributed by atoms with Crippen LogP contribution in [-0.4, -0.2) is 37.8 Å². The van der Waals surface area contributed by atoms with Crippen molar-refractivity contribution >= 4 is 37.5 Å². The Bertz CT molecular complexity index is 1040. The average molecular weight is 477 g/mol. The van der Waals surface area contributed by atoms with Crippen molar-refractivity contribution in [2.24, 2.45) is 5.92 Å². The lowest BCUT2D eigenvalue weighted by Gasteiger charge is -2.34. The summed E-state index contributed by atoms with van der Waals surface area (Å²) >= 11 is 3.50. The number of rotatable bonds is 3. The zero-order valence-corrected chi connectivity index (χ0v) is 19.0. The van der Waals surface area contributed by atoms with E-state index >= 15 is 0 Å². The van der Waals surface area contributed by atoms with Gasteiger partial charge in [0.2, 0.25) is 15.9 Å². The third kappa shape index (κ3) is 3.88. The highest BCUT2D eigenvalue weighted by Crippen LogP contribution is 2.36. The molecule has 2 aromatic carbocycles. The molecule has 4 rings (SSSR count). The molecule has 2 aliphatic heterocycles. The molecule has 0 aliphatic carbocycles. The first-order valence-corrected chi connectivity index (χ1v) is 12.2. The lowest BCUT2D eigenvalue weighted by molar-refractivity contribution is -0.123. The molecule has 0 unspecified atom stereocenters. The average Bonchev–Trinajstić information content (AvgIpc) is 3.02. The number of halogens is 1. The van der Waals surface area contributed by atoms with E-state index in [1.54, 1.807) is 24.3 Å². The lowest BCUT2D eigenvalue weighted by atomic mass is 9.97. The minimum Gasteiger partial charge on any atom is -0.309 e. The minimum atomic E-state index is -3.59. The van der Waals surface area contributed by atoms with Crippen LogP contribution in [0.5, 0.6) is 0 Å². The van der Waals surface area contributed by atoms with Gasteiger partial charge in [0.1, 0.15) is 0 Å². The number of carbonyl (C=O) groups is 1. The summed E-state index contributed by atoms with van der Waals surface area (Å²) in [5.41, 5.74) is 3.12. The highest BCUT2D eigenvalue weighted by atomic mass is 79.9. The second kappa shape index (κ2) is 7.85. The van der Waals surface area contributed by atoms with E-state index in [9.17, 15) is 13.2 Å². The van der Waals surface area contributed by atoms with Gasteiger partial charge in [0.15, 0.2) is 0 Å². The highest BCUT2D eigenvalue weighted by Gasteiger charge is 2.39. The summed E-state index contributed by atoms with van der Waals surface area (Å²) in [6, 6.07) is 13.0. The van der Waals surface area contributed by atoms with Crippen LogP contribution < -0.4 is 4.90 Å². The smallest absolute Gasteiger partial charge is 0.243 e. The zero-order chi connectivity index (χ0) is 20.8. The van der Waals surface area contributed by atoms with Gasteiger partial charge in [0.25, 0.3) is 0 Å². The Labute approximate surface area is 180 Å². The number of hydrogen-bond donors (Lipinski definition) is 0. The van der Waals surface area contributed by atoms with E-state index in [4.69, 9.17) is 0 Å². The molecule has 0 bridgehead atoms. The van der Waals surface area contributed by atoms with Crippen molar-refractivity contribution in [3.8, 4) is 0 Å². The summed E-state index contributed by atoms with van der Waals surface area (Å²) in [5.74, 6) is -0.289. The number of benzene rings is 2. The minimum absolute atomic E-state index is 0.0300. The molecule has 0 N–H and O–H groups in total. The molecule has 1 amide bonds. The standard InChI is InChI=1S/C22H25BrN2O3S/c1-15-5-8-20(9-6-15)29(27,28)24-11-3-4-17(14-24)22(26)25-16(2)12-18-13-19(23)7-10-21(18)25/h5-10,13,16-17H,3-4,11-12,14H2,1-2H3/t16-,17+/m0/s1. The Kier molecular flexibility index (Phi) is 5.57. The van der Waals surface area contributed by atoms with E-state index < -0.39 is 10.0 Å². The third-order valence-corrected chi connectivity index (χ3v) is 8.26. The lowest BCUT2D eigenvalue weighted by Crippen LogP contribution is -2.48. The second-order valence-corrected chi connectivity index (χ2v) is 10.9. The van der Waals surface area contributed by atoms with Crippen molar-refractivity contribution in [1.29, 1.82) is 0 Å². The molecule has 0 aromatic heterocycles. The largest absolute Gasteiger partial charge is 0.309 e. The Morgan fingerprint density at radius 2 is 1.86 bits per heavy atom. The molecular weight excluding hydrogens is 452 g/mol. The third-order valence-electron chi connectivity index (χ3n) is 5.89. The van der Waals surface area contributed by atoms with Gasteiger partial charge in [-0.1, -0.05) is 33.6 Å². The van der Waals surface area contributed by atoms with Crippen LogP contribution in [0.3, 0.4) is 0 Å². The van der Waals surface area contributed by atoms with Crippen LogP contribution in [0.4, 0.5) is 5.69 Å². The molecule has 7 heteroatoms. The number of amides is 1. The Balaban J connectivity index is 1.56. The predicted molar refractivity (Wildman–Crippen MR) is 117 cm³/mol. The number of nitrogens with zero attached hydrogens (tertiary/aromatic N) is 2. The molecule has 0 radical (unpaired) electrons. The number of sulfonamides is 1. The van der Waals surface area contributed by atoms with Gasteiger partial charge in [0.05, 0.1) is 10.8 Å². The molecule has 2 aromatic rings. The van der Waals surface area contributed by atoms with Gasteiger partial charge in [0, 0.05) is 29.3 Å². The highest BCUT2D eigenvalue weighted by molar-refractivity contribution is 9.10. The maximum Gasteiger partial charge on any atom is 0.243 e. The van der Waals surface area contributed by atoms with Gasteiger partial charge in [-0.2, -0.15) is 4.31 Å². The fourth-order valence-electron chi connectivity index (χ4n) is 4.35. The fourth-order valence-corrected chi connectivity index (χ4v) is 6.29. The summed E-state index contributed by atoms with van der Waals surface area (Å²) in [7, 11) is -3.59. The van der Waals surface area contributed by atoms with E-state index in [-0.39, 0.29) is 24.4 Å². The maximum atomic E-state index is 13.4. The molecule has 154 valence electrons. The van der Waals surface area contributed by atoms with Crippen LogP contribution in [0.25, 0.3) is 0 Å². The zero-order valence-electron chi connectivity index (χ0n) is 16.6. The van der Waals surface area contributed by atoms with Gasteiger partial charge in [-0.05, 0) is 69.0 Å². The van der Waals surface area contributed by atoms with Crippen molar-refractivity contribution in [2.45, 2.75) is 44.0 Å². The van der Waals surface area contributed by atoms with Crippen molar-refractivity contribution in [3.63, 3.8) is 0 Å². The fraction of sp³-hybridized carbons (Fsp3) is 0.409. The van der Waals surface area contributed by atoms with Crippen molar-refractivity contribution in [3.05, 3.63) is 58.1 Å². The summed E-state index contributed by atoms with van der Waals surface area (Å²) in [4.78, 5) is 15.6. The first kappa shape index (κ1) is 20.6. The van der Waals surface area contributed by atoms with Crippen LogP contribution >= 0.6 is 15.9 Å². The van der Waals surface area contributed by atoms with Gasteiger partial charge >= 0.3 is 0 Å². The van der Waals surface area contributed by atoms with E-state index in [2.05, 4.69) is 28.9 Å². The molecule has 29 heavy (non-hydrogen) atoms. The number of aryl methyl sites for hydroxylation is 1. The summed E-state index contributed by atoms with van der Waals surface area (Å²) in [5, 5.41) is 0. The van der Waals surface area contributed by atoms with E-state index in [1.807, 2.05) is 24.0 Å². The van der Waals surface area contributed by atoms with Crippen LogP contribution in [-0.2, 0) is 21.2 Å². The van der Waals surface area contributed by atoms with E-state index in [1.165, 1.54) is 4.31 Å². The van der Waals surface area contributed by atoms with Gasteiger partial charge in [-0.15, -0.1) is 0 Å². The molecule has 0 spiro atoms. The van der Waals surface area contributed by atoms with Crippen LogP contribution in [0.15, 0.2) is 51.8 Å². The second-order valence-electron chi connectivity index (χ2n) is 8.05. The number of carbonyl (C=O) groups excluding carboxylic acids is 1. The Morgan fingerprint density at radius 3 is 2.59 bits per heavy atom. The molecule has 2 heterocycles. The monoisotopic (exact) mass is 476 g/mol. The van der Waals surface area contributed by atoms with Crippen molar-refractivity contribution in [2.75, 3.05) is 18.0 Å². The molecule has 0 saturated carbocycles. The summed E-state index contributed by atoms with van der Waals surface area (Å²) in [6.45, 7) is 4.68. The van der Waals surface area contributed by atoms with Gasteiger partial charge < -0.3 is 4.90 Å². The molecule has 2 atom stereocenters.